The predicted molar refractivity (Wildman–Crippen MR) is 121 cm³/mol. The summed E-state index contributed by atoms with van der Waals surface area (Å²) >= 11 is 7.52. The SMILES string of the molecule is O=C(NCC(c1cccs1)N1CCc2ccccc2C1)C(=O)Nc1ccc(Cl)cc1. The molecule has 0 aliphatic carbocycles. The van der Waals surface area contributed by atoms with Gasteiger partial charge in [0.15, 0.2) is 0 Å². The summed E-state index contributed by atoms with van der Waals surface area (Å²) in [5.41, 5.74) is 3.23. The van der Waals surface area contributed by atoms with Crippen molar-refractivity contribution in [3.8, 4) is 0 Å². The quantitative estimate of drug-likeness (QED) is 0.584. The molecule has 0 bridgehead atoms. The summed E-state index contributed by atoms with van der Waals surface area (Å²) in [5, 5.41) is 8.02. The number of thiophene rings is 1. The fourth-order valence-corrected chi connectivity index (χ4v) is 4.65. The van der Waals surface area contributed by atoms with Crippen LogP contribution in [0.2, 0.25) is 5.02 Å². The summed E-state index contributed by atoms with van der Waals surface area (Å²) in [6, 6.07) is 19.2. The number of hydrogen-bond acceptors (Lipinski definition) is 4. The highest BCUT2D eigenvalue weighted by atomic mass is 35.5. The third-order valence-corrected chi connectivity index (χ3v) is 6.46. The Morgan fingerprint density at radius 2 is 1.77 bits per heavy atom. The Morgan fingerprint density at radius 3 is 2.50 bits per heavy atom. The molecule has 7 heteroatoms. The minimum absolute atomic E-state index is 0.0191. The molecule has 2 N–H and O–H groups in total. The highest BCUT2D eigenvalue weighted by molar-refractivity contribution is 7.10. The maximum atomic E-state index is 12.4. The number of nitrogens with zero attached hydrogens (tertiary/aromatic N) is 1. The van der Waals surface area contributed by atoms with Crippen molar-refractivity contribution in [1.82, 2.24) is 10.2 Å². The van der Waals surface area contributed by atoms with Crippen LogP contribution in [0.15, 0.2) is 66.0 Å². The molecule has 1 aromatic heterocycles. The molecular formula is C23H22ClN3O2S. The molecule has 1 aliphatic heterocycles. The Morgan fingerprint density at radius 1 is 1.00 bits per heavy atom. The molecule has 0 saturated carbocycles. The van der Waals surface area contributed by atoms with E-state index in [0.29, 0.717) is 17.3 Å². The van der Waals surface area contributed by atoms with E-state index in [1.54, 1.807) is 35.6 Å². The molecule has 0 radical (unpaired) electrons. The first-order valence-corrected chi connectivity index (χ1v) is 11.0. The minimum atomic E-state index is -0.689. The van der Waals surface area contributed by atoms with Gasteiger partial charge < -0.3 is 10.6 Å². The van der Waals surface area contributed by atoms with Gasteiger partial charge in [-0.25, -0.2) is 0 Å². The number of amides is 2. The molecule has 1 unspecified atom stereocenters. The van der Waals surface area contributed by atoms with Crippen molar-refractivity contribution < 1.29 is 9.59 Å². The van der Waals surface area contributed by atoms with Crippen LogP contribution in [0.3, 0.4) is 0 Å². The van der Waals surface area contributed by atoms with E-state index in [-0.39, 0.29) is 6.04 Å². The molecule has 2 heterocycles. The molecule has 3 aromatic rings. The van der Waals surface area contributed by atoms with Crippen molar-refractivity contribution in [2.45, 2.75) is 19.0 Å². The van der Waals surface area contributed by atoms with Gasteiger partial charge in [-0.2, -0.15) is 0 Å². The van der Waals surface area contributed by atoms with Crippen LogP contribution in [0.5, 0.6) is 0 Å². The van der Waals surface area contributed by atoms with E-state index in [9.17, 15) is 9.59 Å². The van der Waals surface area contributed by atoms with Gasteiger partial charge in [0.1, 0.15) is 0 Å². The van der Waals surface area contributed by atoms with Gasteiger partial charge in [-0.15, -0.1) is 11.3 Å². The van der Waals surface area contributed by atoms with Crippen molar-refractivity contribution in [3.05, 3.63) is 87.1 Å². The molecule has 0 saturated heterocycles. The topological polar surface area (TPSA) is 61.4 Å². The molecule has 2 aromatic carbocycles. The van der Waals surface area contributed by atoms with Crippen LogP contribution >= 0.6 is 22.9 Å². The maximum absolute atomic E-state index is 12.4. The molecule has 0 fully saturated rings. The van der Waals surface area contributed by atoms with Gasteiger partial charge in [-0.05, 0) is 53.3 Å². The van der Waals surface area contributed by atoms with Crippen molar-refractivity contribution in [3.63, 3.8) is 0 Å². The zero-order valence-electron chi connectivity index (χ0n) is 16.3. The molecule has 5 nitrogen and oxygen atoms in total. The van der Waals surface area contributed by atoms with Crippen molar-refractivity contribution in [1.29, 1.82) is 0 Å². The van der Waals surface area contributed by atoms with E-state index in [0.717, 1.165) is 19.5 Å². The lowest BCUT2D eigenvalue weighted by Crippen LogP contribution is -2.43. The Hall–Kier alpha value is -2.67. The monoisotopic (exact) mass is 439 g/mol. The third-order valence-electron chi connectivity index (χ3n) is 5.24. The van der Waals surface area contributed by atoms with Crippen LogP contribution in [0.25, 0.3) is 0 Å². The molecule has 1 aliphatic rings. The molecule has 2 amide bonds. The number of nitrogens with one attached hydrogen (secondary N) is 2. The summed E-state index contributed by atoms with van der Waals surface area (Å²) in [7, 11) is 0. The lowest BCUT2D eigenvalue weighted by atomic mass is 9.98. The standard InChI is InChI=1S/C23H22ClN3O2S/c24-18-7-9-19(10-8-18)26-23(29)22(28)25-14-20(21-6-3-13-30-21)27-12-11-16-4-1-2-5-17(16)15-27/h1-10,13,20H,11-12,14-15H2,(H,25,28)(H,26,29). The zero-order valence-corrected chi connectivity index (χ0v) is 17.9. The van der Waals surface area contributed by atoms with Gasteiger partial charge in [0.2, 0.25) is 0 Å². The number of carbonyl (C=O) groups excluding carboxylic acids is 2. The molecule has 0 spiro atoms. The number of fused-ring (bicyclic) bond motifs is 1. The molecule has 30 heavy (non-hydrogen) atoms. The zero-order chi connectivity index (χ0) is 20.9. The van der Waals surface area contributed by atoms with E-state index in [1.807, 2.05) is 11.4 Å². The first kappa shape index (κ1) is 20.6. The summed E-state index contributed by atoms with van der Waals surface area (Å²) in [4.78, 5) is 28.2. The average Bonchev–Trinajstić information content (AvgIpc) is 3.30. The Bertz CT molecular complexity index is 1020. The van der Waals surface area contributed by atoms with Gasteiger partial charge >= 0.3 is 11.8 Å². The van der Waals surface area contributed by atoms with E-state index in [1.165, 1.54) is 16.0 Å². The molecule has 1 atom stereocenters. The normalized spacial score (nSPS) is 14.6. The van der Waals surface area contributed by atoms with Crippen LogP contribution in [-0.4, -0.2) is 29.8 Å². The summed E-state index contributed by atoms with van der Waals surface area (Å²) in [6.07, 6.45) is 0.975. The highest BCUT2D eigenvalue weighted by Gasteiger charge is 2.26. The summed E-state index contributed by atoms with van der Waals surface area (Å²) in [5.74, 6) is -1.34. The number of carbonyl (C=O) groups is 2. The minimum Gasteiger partial charge on any atom is -0.346 e. The van der Waals surface area contributed by atoms with Crippen LogP contribution in [0, 0.1) is 0 Å². The van der Waals surface area contributed by atoms with Crippen molar-refractivity contribution in [2.24, 2.45) is 0 Å². The second-order valence-electron chi connectivity index (χ2n) is 7.19. The Labute approximate surface area is 184 Å². The third kappa shape index (κ3) is 4.90. The Kier molecular flexibility index (Phi) is 6.47. The smallest absolute Gasteiger partial charge is 0.313 e. The first-order valence-electron chi connectivity index (χ1n) is 9.79. The Balaban J connectivity index is 1.41. The fourth-order valence-electron chi connectivity index (χ4n) is 3.66. The average molecular weight is 440 g/mol. The second kappa shape index (κ2) is 9.43. The van der Waals surface area contributed by atoms with Gasteiger partial charge in [0, 0.05) is 35.2 Å². The van der Waals surface area contributed by atoms with Crippen LogP contribution in [0.1, 0.15) is 22.0 Å². The lowest BCUT2D eigenvalue weighted by Gasteiger charge is -2.35. The van der Waals surface area contributed by atoms with E-state index in [4.69, 9.17) is 11.6 Å². The van der Waals surface area contributed by atoms with E-state index in [2.05, 4.69) is 45.9 Å². The number of benzene rings is 2. The van der Waals surface area contributed by atoms with E-state index >= 15 is 0 Å². The summed E-state index contributed by atoms with van der Waals surface area (Å²) in [6.45, 7) is 2.10. The number of rotatable bonds is 5. The predicted octanol–water partition coefficient (Wildman–Crippen LogP) is 4.26. The molecular weight excluding hydrogens is 418 g/mol. The van der Waals surface area contributed by atoms with Crippen LogP contribution in [0.4, 0.5) is 5.69 Å². The fraction of sp³-hybridized carbons (Fsp3) is 0.217. The van der Waals surface area contributed by atoms with Gasteiger partial charge in [-0.1, -0.05) is 41.9 Å². The van der Waals surface area contributed by atoms with Crippen LogP contribution < -0.4 is 10.6 Å². The first-order chi connectivity index (χ1) is 14.6. The second-order valence-corrected chi connectivity index (χ2v) is 8.61. The van der Waals surface area contributed by atoms with Crippen molar-refractivity contribution in [2.75, 3.05) is 18.4 Å². The van der Waals surface area contributed by atoms with Crippen molar-refractivity contribution >= 4 is 40.4 Å². The summed E-state index contributed by atoms with van der Waals surface area (Å²) < 4.78 is 0. The molecule has 4 rings (SSSR count). The number of halogens is 1. The van der Waals surface area contributed by atoms with Crippen LogP contribution in [-0.2, 0) is 22.6 Å². The molecule has 154 valence electrons. The van der Waals surface area contributed by atoms with Gasteiger partial charge in [0.25, 0.3) is 0 Å². The van der Waals surface area contributed by atoms with Gasteiger partial charge in [0.05, 0.1) is 6.04 Å². The maximum Gasteiger partial charge on any atom is 0.313 e. The lowest BCUT2D eigenvalue weighted by molar-refractivity contribution is -0.136. The van der Waals surface area contributed by atoms with E-state index < -0.39 is 11.8 Å². The highest BCUT2D eigenvalue weighted by Crippen LogP contribution is 2.30. The largest absolute Gasteiger partial charge is 0.346 e. The van der Waals surface area contributed by atoms with Gasteiger partial charge in [-0.3, -0.25) is 14.5 Å². The number of anilines is 1. The number of hydrogen-bond donors (Lipinski definition) is 2.